The van der Waals surface area contributed by atoms with Crippen LogP contribution in [0.5, 0.6) is 0 Å². The number of aliphatic carboxylic acids is 1. The van der Waals surface area contributed by atoms with E-state index in [-0.39, 0.29) is 28.3 Å². The lowest BCUT2D eigenvalue weighted by Crippen LogP contribution is -2.19. The Kier molecular flexibility index (Phi) is 2.84. The molecule has 1 aromatic heterocycles. The third kappa shape index (κ3) is 1.77. The number of nitrogens with one attached hydrogen (secondary N) is 1. The maximum absolute atomic E-state index is 11.8. The van der Waals surface area contributed by atoms with Gasteiger partial charge in [-0.1, -0.05) is 39.5 Å². The highest BCUT2D eigenvalue weighted by Gasteiger charge is 2.67. The molecule has 1 aromatic rings. The number of hydrogen-bond acceptors (Lipinski definition) is 4. The number of hydrogen-bond donors (Lipinski definition) is 2. The Balaban J connectivity index is 2.32. The van der Waals surface area contributed by atoms with Gasteiger partial charge in [0.25, 0.3) is 0 Å². The number of aromatic amines is 1. The summed E-state index contributed by atoms with van der Waals surface area (Å²) >= 11 is 1.07. The molecule has 18 heavy (non-hydrogen) atoms. The molecule has 0 bridgehead atoms. The van der Waals surface area contributed by atoms with E-state index in [2.05, 4.69) is 37.9 Å². The van der Waals surface area contributed by atoms with Crippen molar-refractivity contribution in [1.29, 1.82) is 0 Å². The third-order valence-electron chi connectivity index (χ3n) is 4.20. The van der Waals surface area contributed by atoms with Crippen LogP contribution in [0.2, 0.25) is 0 Å². The van der Waals surface area contributed by atoms with Crippen molar-refractivity contribution in [3.8, 4) is 0 Å². The normalized spacial score (nSPS) is 20.9. The van der Waals surface area contributed by atoms with Crippen LogP contribution in [0.4, 0.5) is 0 Å². The van der Waals surface area contributed by atoms with Gasteiger partial charge >= 0.3 is 11.7 Å². The number of aromatic nitrogens is 3. The molecule has 2 rings (SSSR count). The molecule has 6 nitrogen and oxygen atoms in total. The summed E-state index contributed by atoms with van der Waals surface area (Å²) in [7, 11) is 0. The van der Waals surface area contributed by atoms with Crippen LogP contribution in [0.25, 0.3) is 0 Å². The number of carboxylic acid groups (broad SMARTS) is 1. The van der Waals surface area contributed by atoms with Crippen LogP contribution in [0, 0.1) is 10.8 Å². The largest absolute Gasteiger partial charge is 0.481 e. The van der Waals surface area contributed by atoms with Crippen LogP contribution in [0.3, 0.4) is 0 Å². The highest BCUT2D eigenvalue weighted by Crippen LogP contribution is 2.71. The highest BCUT2D eigenvalue weighted by molar-refractivity contribution is 7.99. The van der Waals surface area contributed by atoms with Gasteiger partial charge in [0.1, 0.15) is 0 Å². The molecule has 1 fully saturated rings. The zero-order valence-electron chi connectivity index (χ0n) is 10.9. The summed E-state index contributed by atoms with van der Waals surface area (Å²) in [6.07, 6.45) is 0. The van der Waals surface area contributed by atoms with Gasteiger partial charge < -0.3 is 5.11 Å². The predicted octanol–water partition coefficient (Wildman–Crippen LogP) is 1.36. The minimum Gasteiger partial charge on any atom is -0.481 e. The number of carbonyl (C=O) groups is 1. The number of H-pyrrole nitrogens is 1. The van der Waals surface area contributed by atoms with Crippen LogP contribution in [0.1, 0.15) is 33.7 Å². The molecule has 1 heterocycles. The van der Waals surface area contributed by atoms with Crippen molar-refractivity contribution in [3.05, 3.63) is 10.5 Å². The summed E-state index contributed by atoms with van der Waals surface area (Å²) in [4.78, 5) is 22.4. The second kappa shape index (κ2) is 3.88. The second-order valence-corrected chi connectivity index (χ2v) is 6.65. The van der Waals surface area contributed by atoms with Crippen molar-refractivity contribution in [2.45, 2.75) is 38.9 Å². The van der Waals surface area contributed by atoms with Crippen molar-refractivity contribution < 1.29 is 9.90 Å². The lowest BCUT2D eigenvalue weighted by molar-refractivity contribution is -0.133. The summed E-state index contributed by atoms with van der Waals surface area (Å²) < 4.78 is 1.59. The van der Waals surface area contributed by atoms with Gasteiger partial charge in [0, 0.05) is 0 Å². The van der Waals surface area contributed by atoms with Gasteiger partial charge in [0.05, 0.1) is 11.8 Å². The smallest absolute Gasteiger partial charge is 0.344 e. The van der Waals surface area contributed by atoms with Gasteiger partial charge in [-0.05, 0) is 10.8 Å². The molecule has 0 atom stereocenters. The third-order valence-corrected chi connectivity index (χ3v) is 5.14. The van der Waals surface area contributed by atoms with Crippen LogP contribution >= 0.6 is 11.8 Å². The van der Waals surface area contributed by atoms with E-state index in [0.717, 1.165) is 11.8 Å². The summed E-state index contributed by atoms with van der Waals surface area (Å²) in [5.74, 6) is -1.02. The number of thioether (sulfide) groups is 1. The zero-order chi connectivity index (χ0) is 13.7. The molecule has 0 aromatic carbocycles. The van der Waals surface area contributed by atoms with E-state index < -0.39 is 5.97 Å². The van der Waals surface area contributed by atoms with Crippen LogP contribution in [-0.4, -0.2) is 31.6 Å². The first-order chi connectivity index (χ1) is 8.19. The van der Waals surface area contributed by atoms with E-state index in [0.29, 0.717) is 5.16 Å². The Morgan fingerprint density at radius 3 is 2.44 bits per heavy atom. The second-order valence-electron chi connectivity index (χ2n) is 5.71. The average molecular weight is 271 g/mol. The summed E-state index contributed by atoms with van der Waals surface area (Å²) in [6.45, 7) is 8.40. The quantitative estimate of drug-likeness (QED) is 0.807. The van der Waals surface area contributed by atoms with Gasteiger partial charge in [-0.15, -0.1) is 5.10 Å². The Morgan fingerprint density at radius 2 is 2.00 bits per heavy atom. The zero-order valence-corrected chi connectivity index (χ0v) is 11.7. The molecule has 0 spiro atoms. The van der Waals surface area contributed by atoms with Crippen LogP contribution in [0.15, 0.2) is 9.95 Å². The molecule has 0 aliphatic heterocycles. The number of rotatable bonds is 4. The predicted molar refractivity (Wildman–Crippen MR) is 67.8 cm³/mol. The van der Waals surface area contributed by atoms with Gasteiger partial charge in [0.15, 0.2) is 5.16 Å². The first-order valence-electron chi connectivity index (χ1n) is 5.71. The first kappa shape index (κ1) is 13.2. The van der Waals surface area contributed by atoms with Gasteiger partial charge in [0.2, 0.25) is 0 Å². The molecule has 1 aliphatic rings. The van der Waals surface area contributed by atoms with Crippen molar-refractivity contribution in [1.82, 2.24) is 14.8 Å². The highest BCUT2D eigenvalue weighted by atomic mass is 32.2. The number of carboxylic acids is 1. The number of nitrogens with zero attached hydrogens (tertiary/aromatic N) is 2. The van der Waals surface area contributed by atoms with Crippen molar-refractivity contribution >= 4 is 17.7 Å². The molecule has 7 heteroatoms. The van der Waals surface area contributed by atoms with Crippen LogP contribution in [-0.2, 0) is 4.79 Å². The molecule has 1 saturated carbocycles. The topological polar surface area (TPSA) is 88.0 Å². The fourth-order valence-corrected chi connectivity index (χ4v) is 3.24. The molecule has 100 valence electrons. The van der Waals surface area contributed by atoms with Gasteiger partial charge in [-0.3, -0.25) is 9.36 Å². The molecule has 0 radical (unpaired) electrons. The Bertz CT molecular complexity index is 530. The molecule has 2 N–H and O–H groups in total. The monoisotopic (exact) mass is 271 g/mol. The maximum atomic E-state index is 11.8. The molecule has 0 unspecified atom stereocenters. The molecule has 1 aliphatic carbocycles. The van der Waals surface area contributed by atoms with Crippen molar-refractivity contribution in [2.24, 2.45) is 10.8 Å². The molecule has 0 saturated heterocycles. The summed E-state index contributed by atoms with van der Waals surface area (Å²) in [6, 6.07) is 0.0487. The SMILES string of the molecule is CC1(C)C(n2c(SCC(=O)O)n[nH]c2=O)C1(C)C. The van der Waals surface area contributed by atoms with E-state index in [4.69, 9.17) is 5.11 Å². The van der Waals surface area contributed by atoms with E-state index in [1.54, 1.807) is 4.57 Å². The summed E-state index contributed by atoms with van der Waals surface area (Å²) in [5, 5.41) is 15.4. The lowest BCUT2D eigenvalue weighted by Gasteiger charge is -2.05. The minimum absolute atomic E-state index is 0.000760. The Labute approximate surface area is 109 Å². The first-order valence-corrected chi connectivity index (χ1v) is 6.69. The van der Waals surface area contributed by atoms with Crippen molar-refractivity contribution in [2.75, 3.05) is 5.75 Å². The van der Waals surface area contributed by atoms with E-state index in [1.807, 2.05) is 0 Å². The van der Waals surface area contributed by atoms with E-state index in [9.17, 15) is 9.59 Å². The Morgan fingerprint density at radius 1 is 1.44 bits per heavy atom. The summed E-state index contributed by atoms with van der Waals surface area (Å²) in [5.41, 5.74) is -0.273. The standard InChI is InChI=1S/C11H17N3O3S/c1-10(2)7(11(10,3)4)14-8(17)12-13-9(14)18-5-6(15)16/h7H,5H2,1-4H3,(H,12,17)(H,15,16). The molecular formula is C11H17N3O3S. The van der Waals surface area contributed by atoms with Gasteiger partial charge in [-0.25, -0.2) is 9.89 Å². The average Bonchev–Trinajstić information content (AvgIpc) is 2.55. The minimum atomic E-state index is -0.920. The van der Waals surface area contributed by atoms with E-state index in [1.165, 1.54) is 0 Å². The molecule has 0 amide bonds. The van der Waals surface area contributed by atoms with Crippen molar-refractivity contribution in [3.63, 3.8) is 0 Å². The fourth-order valence-electron chi connectivity index (χ4n) is 2.55. The Hall–Kier alpha value is -1.24. The van der Waals surface area contributed by atoms with Crippen LogP contribution < -0.4 is 5.69 Å². The molecular weight excluding hydrogens is 254 g/mol. The fraction of sp³-hybridized carbons (Fsp3) is 0.727. The van der Waals surface area contributed by atoms with E-state index >= 15 is 0 Å². The maximum Gasteiger partial charge on any atom is 0.344 e. The lowest BCUT2D eigenvalue weighted by atomic mass is 10.0. The van der Waals surface area contributed by atoms with Gasteiger partial charge in [-0.2, -0.15) is 0 Å².